The van der Waals surface area contributed by atoms with Gasteiger partial charge in [0.05, 0.1) is 51.7 Å². The number of benzene rings is 3. The Morgan fingerprint density at radius 2 is 1.68 bits per heavy atom. The second-order valence-corrected chi connectivity index (χ2v) is 16.2. The van der Waals surface area contributed by atoms with Crippen LogP contribution in [0.3, 0.4) is 0 Å². The maximum atomic E-state index is 14.8. The maximum Gasteiger partial charge on any atom is 0.417 e. The lowest BCUT2D eigenvalue weighted by Crippen LogP contribution is -2.70. The summed E-state index contributed by atoms with van der Waals surface area (Å²) in [6.07, 6.45) is 8.70. The predicted octanol–water partition coefficient (Wildman–Crippen LogP) is 8.07. The molecule has 0 radical (unpaired) electrons. The van der Waals surface area contributed by atoms with Crippen LogP contribution >= 0.6 is 0 Å². The van der Waals surface area contributed by atoms with Crippen LogP contribution in [0, 0.1) is 17.8 Å². The van der Waals surface area contributed by atoms with E-state index in [1.54, 1.807) is 44.6 Å². The number of aliphatic hydroxyl groups excluding tert-OH is 2. The number of fused-ring (bicyclic) bond motifs is 2. The Kier molecular flexibility index (Phi) is 16.5. The van der Waals surface area contributed by atoms with Crippen LogP contribution in [0.4, 0.5) is 10.5 Å². The van der Waals surface area contributed by atoms with Crippen molar-refractivity contribution in [3.8, 4) is 28.7 Å². The Balaban J connectivity index is 1.51. The number of aliphatic hydroxyl groups is 2. The molecule has 6 rings (SSSR count). The highest BCUT2D eigenvalue weighted by Crippen LogP contribution is 2.62. The summed E-state index contributed by atoms with van der Waals surface area (Å²) in [5.41, 5.74) is 3.64. The molecule has 6 atom stereocenters. The third kappa shape index (κ3) is 10.5. The van der Waals surface area contributed by atoms with Crippen LogP contribution in [0.25, 0.3) is 0 Å². The highest BCUT2D eigenvalue weighted by Gasteiger charge is 2.65. The number of unbranched alkanes of at least 4 members (excludes halogenated alkanes) is 2. The van der Waals surface area contributed by atoms with E-state index in [0.717, 1.165) is 42.4 Å². The van der Waals surface area contributed by atoms with Crippen LogP contribution in [0.5, 0.6) is 28.7 Å². The first-order valence-electron chi connectivity index (χ1n) is 21.9. The first kappa shape index (κ1) is 46.9. The van der Waals surface area contributed by atoms with Crippen molar-refractivity contribution in [3.05, 3.63) is 96.1 Å². The molecule has 1 fully saturated rings. The number of anilines is 1. The minimum atomic E-state index is -1.42. The largest absolute Gasteiger partial charge is 0.497 e. The third-order valence-corrected chi connectivity index (χ3v) is 12.4. The van der Waals surface area contributed by atoms with Crippen molar-refractivity contribution in [1.82, 2.24) is 4.90 Å². The first-order valence-corrected chi connectivity index (χ1v) is 21.9. The van der Waals surface area contributed by atoms with E-state index in [2.05, 4.69) is 23.1 Å². The van der Waals surface area contributed by atoms with Gasteiger partial charge in [-0.25, -0.2) is 4.79 Å². The minimum Gasteiger partial charge on any atom is -0.497 e. The lowest BCUT2D eigenvalue weighted by atomic mass is 9.55. The van der Waals surface area contributed by atoms with Gasteiger partial charge in [-0.1, -0.05) is 49.2 Å². The Hall–Kier alpha value is -5.57. The van der Waals surface area contributed by atoms with Gasteiger partial charge in [-0.15, -0.1) is 6.58 Å². The van der Waals surface area contributed by atoms with Crippen molar-refractivity contribution >= 4 is 23.4 Å². The zero-order valence-electron chi connectivity index (χ0n) is 37.2. The number of ether oxygens (including phenoxy) is 6. The molecule has 3 aromatic carbocycles. The number of carbonyl (C=O) groups excluding carboxylic acids is 2. The van der Waals surface area contributed by atoms with Crippen molar-refractivity contribution in [3.63, 3.8) is 0 Å². The lowest BCUT2D eigenvalue weighted by Gasteiger charge is -2.60. The van der Waals surface area contributed by atoms with E-state index in [1.807, 2.05) is 48.2 Å². The number of nitrogens with one attached hydrogen (secondary N) is 1. The molecule has 0 unspecified atom stereocenters. The van der Waals surface area contributed by atoms with Crippen LogP contribution in [0.2, 0.25) is 0 Å². The number of oxime groups is 1. The zero-order valence-corrected chi connectivity index (χ0v) is 37.2. The molecular weight excluding hydrogens is 807 g/mol. The Labute approximate surface area is 370 Å². The Morgan fingerprint density at radius 3 is 2.38 bits per heavy atom. The fourth-order valence-electron chi connectivity index (χ4n) is 9.72. The van der Waals surface area contributed by atoms with Crippen LogP contribution in [-0.4, -0.2) is 99.5 Å². The molecule has 1 heterocycles. The van der Waals surface area contributed by atoms with Gasteiger partial charge in [-0.05, 0) is 97.5 Å². The maximum absolute atomic E-state index is 14.8. The summed E-state index contributed by atoms with van der Waals surface area (Å²) >= 11 is 0. The van der Waals surface area contributed by atoms with Crippen LogP contribution in [0.1, 0.15) is 75.3 Å². The molecule has 2 aliphatic carbocycles. The van der Waals surface area contributed by atoms with E-state index in [4.69, 9.17) is 33.3 Å². The summed E-state index contributed by atoms with van der Waals surface area (Å²) in [5.74, 6) is 0.158. The molecule has 2 amide bonds. The fourth-order valence-corrected chi connectivity index (χ4v) is 9.72. The van der Waals surface area contributed by atoms with Crippen LogP contribution < -0.4 is 29.0 Å². The van der Waals surface area contributed by atoms with Gasteiger partial charge in [0, 0.05) is 43.7 Å². The van der Waals surface area contributed by atoms with E-state index in [1.165, 1.54) is 14.2 Å². The van der Waals surface area contributed by atoms with Crippen molar-refractivity contribution in [2.24, 2.45) is 22.9 Å². The van der Waals surface area contributed by atoms with E-state index >= 15 is 0 Å². The number of hydrogen-bond acceptors (Lipinski definition) is 12. The minimum absolute atomic E-state index is 0.0133. The van der Waals surface area contributed by atoms with E-state index in [-0.39, 0.29) is 56.3 Å². The van der Waals surface area contributed by atoms with Gasteiger partial charge in [-0.2, -0.15) is 0 Å². The third-order valence-electron chi connectivity index (χ3n) is 12.4. The normalized spacial score (nSPS) is 22.7. The SMILES string of the molecule is C=CCO[C@@]12Oc3ccc(OC(=O)Nc4ccc(OC)cc4OC)cc3[C@H]3[C@H](CCCCO)[C@@H](CCCCO)C=C(C(=NOC)C[C@@H]1N(CCC)C(=O)Cc1cccc(OC)c1)[C@H]32. The number of rotatable bonds is 22. The molecule has 0 spiro atoms. The number of methoxy groups -OCH3 is 3. The molecule has 63 heavy (non-hydrogen) atoms. The Bertz CT molecular complexity index is 2110. The highest BCUT2D eigenvalue weighted by atomic mass is 16.7. The quantitative estimate of drug-likeness (QED) is 0.0508. The van der Waals surface area contributed by atoms with Crippen LogP contribution in [0.15, 0.2) is 90.1 Å². The number of carbonyl (C=O) groups is 2. The second-order valence-electron chi connectivity index (χ2n) is 16.2. The van der Waals surface area contributed by atoms with Crippen molar-refractivity contribution in [2.75, 3.05) is 60.1 Å². The molecular formula is C49H63N3O11. The molecule has 340 valence electrons. The summed E-state index contributed by atoms with van der Waals surface area (Å²) in [6, 6.07) is 17.3. The molecule has 14 heteroatoms. The van der Waals surface area contributed by atoms with Gasteiger partial charge in [0.2, 0.25) is 11.7 Å². The molecule has 1 saturated carbocycles. The van der Waals surface area contributed by atoms with Gasteiger partial charge >= 0.3 is 6.09 Å². The zero-order chi connectivity index (χ0) is 44.9. The molecule has 3 aromatic rings. The predicted molar refractivity (Wildman–Crippen MR) is 240 cm³/mol. The van der Waals surface area contributed by atoms with Gasteiger partial charge in [0.15, 0.2) is 0 Å². The lowest BCUT2D eigenvalue weighted by molar-refractivity contribution is -0.257. The average Bonchev–Trinajstić information content (AvgIpc) is 3.29. The van der Waals surface area contributed by atoms with E-state index in [0.29, 0.717) is 66.0 Å². The molecule has 1 aliphatic heterocycles. The van der Waals surface area contributed by atoms with Gasteiger partial charge in [0.25, 0.3) is 0 Å². The van der Waals surface area contributed by atoms with Crippen molar-refractivity contribution in [2.45, 2.75) is 82.5 Å². The van der Waals surface area contributed by atoms with Gasteiger partial charge in [-0.3, -0.25) is 10.1 Å². The Morgan fingerprint density at radius 1 is 0.937 bits per heavy atom. The second kappa shape index (κ2) is 22.2. The number of allylic oxidation sites excluding steroid dienone is 1. The van der Waals surface area contributed by atoms with Crippen molar-refractivity contribution in [1.29, 1.82) is 0 Å². The van der Waals surface area contributed by atoms with Crippen molar-refractivity contribution < 1.29 is 53.1 Å². The van der Waals surface area contributed by atoms with E-state index in [9.17, 15) is 19.8 Å². The molecule has 0 aromatic heterocycles. The summed E-state index contributed by atoms with van der Waals surface area (Å²) < 4.78 is 36.6. The van der Waals surface area contributed by atoms with Crippen LogP contribution in [-0.2, 0) is 20.8 Å². The standard InChI is InChI=1S/C49H63N3O11/c1-7-22-52(45(55)27-32-14-13-16-34(26-32)57-3)44-31-41(51-60-6)38-28-33(15-9-11-23-53)37(17-10-12-24-54)46-39-29-36(19-21-42(39)63-49(44,47(38)46)61-25-8-2)62-48(56)50-40-20-18-35(58-4)30-43(40)59-5/h8,13-14,16,18-21,26,28-30,33,37,44,46-47,53-54H,2,7,9-12,15,17,22-25,27,31H2,1,3-6H3,(H,50,56)/t33-,37+,44-,46+,47+,49+/m0/s1. The average molecular weight is 870 g/mol. The van der Waals surface area contributed by atoms with E-state index < -0.39 is 23.8 Å². The summed E-state index contributed by atoms with van der Waals surface area (Å²) in [7, 11) is 6.18. The smallest absolute Gasteiger partial charge is 0.417 e. The van der Waals surface area contributed by atoms with Gasteiger partial charge in [0.1, 0.15) is 41.9 Å². The summed E-state index contributed by atoms with van der Waals surface area (Å²) in [4.78, 5) is 35.8. The molecule has 0 bridgehead atoms. The number of hydrogen-bond donors (Lipinski definition) is 3. The summed E-state index contributed by atoms with van der Waals surface area (Å²) in [5, 5.41) is 27.3. The molecule has 3 N–H and O–H groups in total. The molecule has 0 saturated heterocycles. The number of amides is 2. The fraction of sp³-hybridized carbons (Fsp3) is 0.490. The monoisotopic (exact) mass is 869 g/mol. The first-order chi connectivity index (χ1) is 30.7. The topological polar surface area (TPSA) is 167 Å². The molecule has 3 aliphatic rings. The summed E-state index contributed by atoms with van der Waals surface area (Å²) in [6.45, 7) is 6.75. The number of nitrogens with zero attached hydrogens (tertiary/aromatic N) is 2. The molecule has 14 nitrogen and oxygen atoms in total. The van der Waals surface area contributed by atoms with Gasteiger partial charge < -0.3 is 48.4 Å². The highest BCUT2D eigenvalue weighted by molar-refractivity contribution is 6.03.